The molecule has 0 saturated carbocycles. The first kappa shape index (κ1) is 14.1. The van der Waals surface area contributed by atoms with E-state index in [9.17, 15) is 9.59 Å². The van der Waals surface area contributed by atoms with E-state index in [1.165, 1.54) is 12.3 Å². The van der Waals surface area contributed by atoms with Crippen molar-refractivity contribution in [2.75, 3.05) is 19.7 Å². The Morgan fingerprint density at radius 3 is 2.80 bits per heavy atom. The van der Waals surface area contributed by atoms with E-state index in [1.54, 1.807) is 4.90 Å². The third kappa shape index (κ3) is 3.17. The third-order valence-electron chi connectivity index (χ3n) is 3.29. The number of hydrogen-bond donors (Lipinski definition) is 2. The summed E-state index contributed by atoms with van der Waals surface area (Å²) < 4.78 is 4.97. The first-order chi connectivity index (χ1) is 9.61. The number of likely N-dealkylation sites (tertiary alicyclic amines) is 1. The van der Waals surface area contributed by atoms with Crippen LogP contribution < -0.4 is 0 Å². The second-order valence-electron chi connectivity index (χ2n) is 4.61. The van der Waals surface area contributed by atoms with Crippen LogP contribution in [0, 0.1) is 0 Å². The van der Waals surface area contributed by atoms with E-state index in [-0.39, 0.29) is 24.3 Å². The third-order valence-corrected chi connectivity index (χ3v) is 3.29. The maximum atomic E-state index is 11.6. The van der Waals surface area contributed by atoms with Gasteiger partial charge in [-0.15, -0.1) is 0 Å². The standard InChI is InChI=1S/C13H17N3O4/c1-2-7-20-13(19)16-5-3-9(4-6-16)11-14-8-10(15-11)12(17)18/h2,8-9H,1,3-7H2,(H,14,15)(H,17,18). The number of rotatable bonds is 4. The minimum absolute atomic E-state index is 0.0906. The first-order valence-electron chi connectivity index (χ1n) is 6.42. The molecule has 2 heterocycles. The second-order valence-corrected chi connectivity index (χ2v) is 4.61. The summed E-state index contributed by atoms with van der Waals surface area (Å²) in [6.07, 6.45) is 3.98. The van der Waals surface area contributed by atoms with Crippen LogP contribution in [0.4, 0.5) is 4.79 Å². The van der Waals surface area contributed by atoms with Crippen LogP contribution in [0.25, 0.3) is 0 Å². The molecule has 1 saturated heterocycles. The second kappa shape index (κ2) is 6.23. The minimum atomic E-state index is -1.02. The molecule has 0 atom stereocenters. The lowest BCUT2D eigenvalue weighted by molar-refractivity contribution is 0.0691. The zero-order chi connectivity index (χ0) is 14.5. The summed E-state index contributed by atoms with van der Waals surface area (Å²) in [5.74, 6) is -0.206. The van der Waals surface area contributed by atoms with Gasteiger partial charge in [-0.3, -0.25) is 0 Å². The highest BCUT2D eigenvalue weighted by molar-refractivity contribution is 5.85. The van der Waals surface area contributed by atoms with Crippen molar-refractivity contribution in [3.63, 3.8) is 0 Å². The van der Waals surface area contributed by atoms with Crippen LogP contribution >= 0.6 is 0 Å². The number of aromatic carboxylic acids is 1. The Bertz CT molecular complexity index is 503. The number of H-pyrrole nitrogens is 1. The van der Waals surface area contributed by atoms with Crippen LogP contribution in [-0.4, -0.2) is 51.7 Å². The van der Waals surface area contributed by atoms with E-state index >= 15 is 0 Å². The number of nitrogens with one attached hydrogen (secondary N) is 1. The zero-order valence-corrected chi connectivity index (χ0v) is 11.0. The number of piperidine rings is 1. The van der Waals surface area contributed by atoms with Gasteiger partial charge >= 0.3 is 12.1 Å². The van der Waals surface area contributed by atoms with Gasteiger partial charge < -0.3 is 19.7 Å². The van der Waals surface area contributed by atoms with Crippen LogP contribution in [0.2, 0.25) is 0 Å². The van der Waals surface area contributed by atoms with Crippen LogP contribution in [0.5, 0.6) is 0 Å². The molecule has 1 amide bonds. The van der Waals surface area contributed by atoms with Crippen molar-refractivity contribution < 1.29 is 19.4 Å². The van der Waals surface area contributed by atoms with Gasteiger partial charge in [-0.1, -0.05) is 12.7 Å². The SMILES string of the molecule is C=CCOC(=O)N1CCC(c2ncc(C(=O)O)[nH]2)CC1. The molecule has 2 N–H and O–H groups in total. The van der Waals surface area contributed by atoms with Crippen molar-refractivity contribution in [2.45, 2.75) is 18.8 Å². The van der Waals surface area contributed by atoms with E-state index in [0.29, 0.717) is 18.9 Å². The fraction of sp³-hybridized carbons (Fsp3) is 0.462. The van der Waals surface area contributed by atoms with E-state index in [1.807, 2.05) is 0 Å². The molecule has 20 heavy (non-hydrogen) atoms. The Morgan fingerprint density at radius 2 is 2.25 bits per heavy atom. The molecule has 2 rings (SSSR count). The molecule has 1 aliphatic rings. The molecule has 0 radical (unpaired) electrons. The van der Waals surface area contributed by atoms with Gasteiger partial charge in [-0.25, -0.2) is 14.6 Å². The largest absolute Gasteiger partial charge is 0.477 e. The molecule has 108 valence electrons. The van der Waals surface area contributed by atoms with E-state index in [4.69, 9.17) is 9.84 Å². The maximum Gasteiger partial charge on any atom is 0.410 e. The Kier molecular flexibility index (Phi) is 4.39. The van der Waals surface area contributed by atoms with Crippen LogP contribution in [0.3, 0.4) is 0 Å². The molecule has 1 aromatic rings. The molecule has 7 nitrogen and oxygen atoms in total. The molecule has 0 unspecified atom stereocenters. The lowest BCUT2D eigenvalue weighted by Gasteiger charge is -2.30. The van der Waals surface area contributed by atoms with E-state index in [2.05, 4.69) is 16.5 Å². The summed E-state index contributed by atoms with van der Waals surface area (Å²) in [5, 5.41) is 8.85. The fourth-order valence-corrected chi connectivity index (χ4v) is 2.21. The Labute approximate surface area is 116 Å². The number of carboxylic acid groups (broad SMARTS) is 1. The summed E-state index contributed by atoms with van der Waals surface area (Å²) in [4.78, 5) is 31.0. The van der Waals surface area contributed by atoms with Crippen molar-refractivity contribution in [2.24, 2.45) is 0 Å². The molecule has 0 aliphatic carbocycles. The number of nitrogens with zero attached hydrogens (tertiary/aromatic N) is 2. The predicted octanol–water partition coefficient (Wildman–Crippen LogP) is 1.61. The summed E-state index contributed by atoms with van der Waals surface area (Å²) in [6, 6.07) is 0. The highest BCUT2D eigenvalue weighted by Gasteiger charge is 2.26. The Balaban J connectivity index is 1.88. The van der Waals surface area contributed by atoms with Gasteiger partial charge in [-0.2, -0.15) is 0 Å². The lowest BCUT2D eigenvalue weighted by atomic mass is 9.96. The van der Waals surface area contributed by atoms with Crippen molar-refractivity contribution in [3.8, 4) is 0 Å². The van der Waals surface area contributed by atoms with Crippen LogP contribution in [0.1, 0.15) is 35.1 Å². The van der Waals surface area contributed by atoms with Gasteiger partial charge in [0.1, 0.15) is 18.1 Å². The minimum Gasteiger partial charge on any atom is -0.477 e. The smallest absolute Gasteiger partial charge is 0.410 e. The molecule has 7 heteroatoms. The topological polar surface area (TPSA) is 95.5 Å². The molecule has 0 aromatic carbocycles. The molecular weight excluding hydrogens is 262 g/mol. The van der Waals surface area contributed by atoms with Gasteiger partial charge in [0, 0.05) is 19.0 Å². The molecular formula is C13H17N3O4. The monoisotopic (exact) mass is 279 g/mol. The van der Waals surface area contributed by atoms with Crippen molar-refractivity contribution in [3.05, 3.63) is 30.4 Å². The number of ether oxygens (including phenoxy) is 1. The fourth-order valence-electron chi connectivity index (χ4n) is 2.21. The highest BCUT2D eigenvalue weighted by atomic mass is 16.6. The summed E-state index contributed by atoms with van der Waals surface area (Å²) >= 11 is 0. The maximum absolute atomic E-state index is 11.6. The summed E-state index contributed by atoms with van der Waals surface area (Å²) in [6.45, 7) is 4.84. The molecule has 1 fully saturated rings. The molecule has 1 aromatic heterocycles. The normalized spacial score (nSPS) is 15.9. The first-order valence-corrected chi connectivity index (χ1v) is 6.42. The van der Waals surface area contributed by atoms with Crippen molar-refractivity contribution >= 4 is 12.1 Å². The number of imidazole rings is 1. The Hall–Kier alpha value is -2.31. The Morgan fingerprint density at radius 1 is 1.55 bits per heavy atom. The lowest BCUT2D eigenvalue weighted by Crippen LogP contribution is -2.38. The van der Waals surface area contributed by atoms with Gasteiger partial charge in [-0.05, 0) is 12.8 Å². The highest BCUT2D eigenvalue weighted by Crippen LogP contribution is 2.26. The number of carbonyl (C=O) groups excluding carboxylic acids is 1. The number of hydrogen-bond acceptors (Lipinski definition) is 4. The van der Waals surface area contributed by atoms with Crippen molar-refractivity contribution in [1.29, 1.82) is 0 Å². The molecule has 0 bridgehead atoms. The average molecular weight is 279 g/mol. The molecule has 0 spiro atoms. The van der Waals surface area contributed by atoms with Crippen LogP contribution in [0.15, 0.2) is 18.9 Å². The van der Waals surface area contributed by atoms with Crippen LogP contribution in [-0.2, 0) is 4.74 Å². The summed E-state index contributed by atoms with van der Waals surface area (Å²) in [5.41, 5.74) is 0.0906. The number of carbonyl (C=O) groups is 2. The number of amides is 1. The van der Waals surface area contributed by atoms with E-state index in [0.717, 1.165) is 12.8 Å². The van der Waals surface area contributed by atoms with Gasteiger partial charge in [0.2, 0.25) is 0 Å². The summed E-state index contributed by atoms with van der Waals surface area (Å²) in [7, 11) is 0. The van der Waals surface area contributed by atoms with Gasteiger partial charge in [0.15, 0.2) is 0 Å². The molecule has 1 aliphatic heterocycles. The van der Waals surface area contributed by atoms with Gasteiger partial charge in [0.05, 0.1) is 6.20 Å². The van der Waals surface area contributed by atoms with E-state index < -0.39 is 5.97 Å². The predicted molar refractivity (Wildman–Crippen MR) is 70.6 cm³/mol. The van der Waals surface area contributed by atoms with Gasteiger partial charge in [0.25, 0.3) is 0 Å². The number of carboxylic acids is 1. The zero-order valence-electron chi connectivity index (χ0n) is 11.0. The average Bonchev–Trinajstić information content (AvgIpc) is 2.95. The number of aromatic amines is 1. The van der Waals surface area contributed by atoms with Crippen molar-refractivity contribution in [1.82, 2.24) is 14.9 Å². The number of aromatic nitrogens is 2. The quantitative estimate of drug-likeness (QED) is 0.816.